The van der Waals surface area contributed by atoms with Gasteiger partial charge in [0.05, 0.1) is 5.25 Å². The van der Waals surface area contributed by atoms with Crippen molar-refractivity contribution in [3.05, 3.63) is 65.7 Å². The predicted octanol–water partition coefficient (Wildman–Crippen LogP) is 4.24. The highest BCUT2D eigenvalue weighted by molar-refractivity contribution is 7.90. The average Bonchev–Trinajstić information content (AvgIpc) is 2.74. The zero-order valence-corrected chi connectivity index (χ0v) is 19.0. The highest BCUT2D eigenvalue weighted by atomic mass is 32.2. The van der Waals surface area contributed by atoms with Crippen LogP contribution in [0.3, 0.4) is 0 Å². The van der Waals surface area contributed by atoms with Crippen LogP contribution in [-0.4, -0.2) is 31.4 Å². The van der Waals surface area contributed by atoms with E-state index < -0.39 is 15.6 Å². The molecule has 5 nitrogen and oxygen atoms in total. The number of nitrogens with one attached hydrogen (secondary N) is 2. The van der Waals surface area contributed by atoms with Crippen LogP contribution in [0.2, 0.25) is 0 Å². The van der Waals surface area contributed by atoms with Crippen LogP contribution < -0.4 is 10.0 Å². The molecule has 3 rings (SSSR count). The van der Waals surface area contributed by atoms with Crippen molar-refractivity contribution in [3.8, 4) is 0 Å². The number of benzene rings is 2. The summed E-state index contributed by atoms with van der Waals surface area (Å²) in [5, 5.41) is 14.1. The Morgan fingerprint density at radius 1 is 0.967 bits per heavy atom. The minimum Gasteiger partial charge on any atom is -0.385 e. The molecule has 0 bridgehead atoms. The summed E-state index contributed by atoms with van der Waals surface area (Å²) in [6.07, 6.45) is 3.80. The lowest BCUT2D eigenvalue weighted by Crippen LogP contribution is -2.41. The summed E-state index contributed by atoms with van der Waals surface area (Å²) in [7, 11) is -3.19. The molecule has 0 aromatic heterocycles. The molecule has 30 heavy (non-hydrogen) atoms. The van der Waals surface area contributed by atoms with Gasteiger partial charge in [-0.2, -0.15) is 0 Å². The van der Waals surface area contributed by atoms with E-state index in [1.54, 1.807) is 13.8 Å². The SMILES string of the molecule is CC(C)S(=O)(=O)N[C@H]1CC[C@H](CNc2ccc(C(C)(O)c3ccccc3)cc2)CC1. The van der Waals surface area contributed by atoms with Gasteiger partial charge in [0.1, 0.15) is 5.60 Å². The first-order chi connectivity index (χ1) is 14.2. The molecule has 0 saturated heterocycles. The van der Waals surface area contributed by atoms with E-state index in [-0.39, 0.29) is 11.3 Å². The third-order valence-corrected chi connectivity index (χ3v) is 8.08. The summed E-state index contributed by atoms with van der Waals surface area (Å²) in [5.74, 6) is 0.539. The fourth-order valence-electron chi connectivity index (χ4n) is 3.96. The van der Waals surface area contributed by atoms with E-state index in [2.05, 4.69) is 10.0 Å². The van der Waals surface area contributed by atoms with E-state index in [0.29, 0.717) is 5.92 Å². The summed E-state index contributed by atoms with van der Waals surface area (Å²) in [4.78, 5) is 0. The molecule has 0 amide bonds. The first kappa shape index (κ1) is 22.8. The molecular formula is C24H34N2O3S. The van der Waals surface area contributed by atoms with Crippen LogP contribution in [0.5, 0.6) is 0 Å². The highest BCUT2D eigenvalue weighted by Gasteiger charge is 2.27. The van der Waals surface area contributed by atoms with Crippen molar-refractivity contribution in [3.63, 3.8) is 0 Å². The van der Waals surface area contributed by atoms with E-state index in [1.165, 1.54) is 0 Å². The molecule has 0 radical (unpaired) electrons. The maximum Gasteiger partial charge on any atom is 0.214 e. The summed E-state index contributed by atoms with van der Waals surface area (Å²) in [5.41, 5.74) is 1.74. The lowest BCUT2D eigenvalue weighted by molar-refractivity contribution is 0.102. The van der Waals surface area contributed by atoms with Crippen molar-refractivity contribution < 1.29 is 13.5 Å². The molecule has 1 unspecified atom stereocenters. The van der Waals surface area contributed by atoms with Crippen LogP contribution in [0.25, 0.3) is 0 Å². The van der Waals surface area contributed by atoms with Crippen molar-refractivity contribution in [1.29, 1.82) is 0 Å². The second-order valence-corrected chi connectivity index (χ2v) is 11.1. The van der Waals surface area contributed by atoms with Gasteiger partial charge in [-0.05, 0) is 75.6 Å². The van der Waals surface area contributed by atoms with Gasteiger partial charge in [0.25, 0.3) is 0 Å². The molecule has 6 heteroatoms. The molecule has 0 heterocycles. The van der Waals surface area contributed by atoms with Crippen LogP contribution in [0, 0.1) is 5.92 Å². The molecular weight excluding hydrogens is 396 g/mol. The Balaban J connectivity index is 1.49. The van der Waals surface area contributed by atoms with E-state index in [4.69, 9.17) is 0 Å². The highest BCUT2D eigenvalue weighted by Crippen LogP contribution is 2.30. The molecule has 1 fully saturated rings. The summed E-state index contributed by atoms with van der Waals surface area (Å²) in [6, 6.07) is 17.7. The summed E-state index contributed by atoms with van der Waals surface area (Å²) in [6.45, 7) is 6.11. The van der Waals surface area contributed by atoms with Gasteiger partial charge in [-0.1, -0.05) is 42.5 Å². The average molecular weight is 431 g/mol. The lowest BCUT2D eigenvalue weighted by Gasteiger charge is -2.30. The van der Waals surface area contributed by atoms with Crippen molar-refractivity contribution in [2.45, 2.75) is 63.3 Å². The number of sulfonamides is 1. The Morgan fingerprint density at radius 2 is 1.53 bits per heavy atom. The topological polar surface area (TPSA) is 78.4 Å². The normalized spacial score (nSPS) is 21.9. The summed E-state index contributed by atoms with van der Waals surface area (Å²) >= 11 is 0. The first-order valence-corrected chi connectivity index (χ1v) is 12.4. The van der Waals surface area contributed by atoms with Gasteiger partial charge in [-0.3, -0.25) is 0 Å². The maximum absolute atomic E-state index is 12.0. The van der Waals surface area contributed by atoms with Gasteiger partial charge < -0.3 is 10.4 Å². The number of anilines is 1. The second kappa shape index (κ2) is 9.50. The zero-order chi connectivity index (χ0) is 21.8. The third kappa shape index (κ3) is 5.62. The standard InChI is InChI=1S/C24H34N2O3S/c1-18(2)30(28,29)26-23-13-9-19(10-14-23)17-25-22-15-11-21(12-16-22)24(3,27)20-7-5-4-6-8-20/h4-8,11-12,15-16,18-19,23,25-27H,9-10,13-14,17H2,1-3H3/t19-,23-,24?. The monoisotopic (exact) mass is 430 g/mol. The fraction of sp³-hybridized carbons (Fsp3) is 0.500. The first-order valence-electron chi connectivity index (χ1n) is 10.8. The molecule has 2 aromatic carbocycles. The molecule has 1 atom stereocenters. The van der Waals surface area contributed by atoms with Gasteiger partial charge in [0.2, 0.25) is 10.0 Å². The van der Waals surface area contributed by atoms with Gasteiger partial charge in [0, 0.05) is 18.3 Å². The van der Waals surface area contributed by atoms with Gasteiger partial charge in [-0.25, -0.2) is 13.1 Å². The zero-order valence-electron chi connectivity index (χ0n) is 18.1. The van der Waals surface area contributed by atoms with Crippen molar-refractivity contribution in [2.75, 3.05) is 11.9 Å². The Bertz CT molecular complexity index is 901. The molecule has 1 aliphatic rings. The van der Waals surface area contributed by atoms with Gasteiger partial charge in [0.15, 0.2) is 0 Å². The Hall–Kier alpha value is -1.89. The van der Waals surface area contributed by atoms with E-state index in [0.717, 1.165) is 49.0 Å². The number of rotatable bonds is 8. The Kier molecular flexibility index (Phi) is 7.22. The Morgan fingerprint density at radius 3 is 2.10 bits per heavy atom. The summed E-state index contributed by atoms with van der Waals surface area (Å²) < 4.78 is 26.9. The molecule has 1 aliphatic carbocycles. The van der Waals surface area contributed by atoms with E-state index in [9.17, 15) is 13.5 Å². The van der Waals surface area contributed by atoms with E-state index >= 15 is 0 Å². The second-order valence-electron chi connectivity index (χ2n) is 8.83. The largest absolute Gasteiger partial charge is 0.385 e. The van der Waals surface area contributed by atoms with Gasteiger partial charge in [-0.15, -0.1) is 0 Å². The molecule has 0 aliphatic heterocycles. The number of hydrogen-bond acceptors (Lipinski definition) is 4. The molecule has 1 saturated carbocycles. The maximum atomic E-state index is 12.0. The van der Waals surface area contributed by atoms with Crippen LogP contribution in [0.1, 0.15) is 57.6 Å². The minimum atomic E-state index is -3.19. The fourth-order valence-corrected chi connectivity index (χ4v) is 4.93. The molecule has 164 valence electrons. The van der Waals surface area contributed by atoms with Crippen LogP contribution >= 0.6 is 0 Å². The molecule has 2 aromatic rings. The van der Waals surface area contributed by atoms with E-state index in [1.807, 2.05) is 61.5 Å². The van der Waals surface area contributed by atoms with Crippen molar-refractivity contribution in [2.24, 2.45) is 5.92 Å². The van der Waals surface area contributed by atoms with Crippen molar-refractivity contribution in [1.82, 2.24) is 4.72 Å². The smallest absolute Gasteiger partial charge is 0.214 e. The Labute approximate surface area is 181 Å². The minimum absolute atomic E-state index is 0.0631. The number of aliphatic hydroxyl groups is 1. The third-order valence-electron chi connectivity index (χ3n) is 6.18. The quantitative estimate of drug-likeness (QED) is 0.585. The van der Waals surface area contributed by atoms with Crippen LogP contribution in [0.4, 0.5) is 5.69 Å². The van der Waals surface area contributed by atoms with Crippen molar-refractivity contribution >= 4 is 15.7 Å². The lowest BCUT2D eigenvalue weighted by atomic mass is 9.86. The van der Waals surface area contributed by atoms with Crippen LogP contribution in [0.15, 0.2) is 54.6 Å². The van der Waals surface area contributed by atoms with Crippen LogP contribution in [-0.2, 0) is 15.6 Å². The molecule has 3 N–H and O–H groups in total. The van der Waals surface area contributed by atoms with Gasteiger partial charge >= 0.3 is 0 Å². The predicted molar refractivity (Wildman–Crippen MR) is 123 cm³/mol. The number of hydrogen-bond donors (Lipinski definition) is 3. The molecule has 0 spiro atoms.